The van der Waals surface area contributed by atoms with Crippen LogP contribution in [-0.2, 0) is 19.6 Å². The number of nitrogens with one attached hydrogen (secondary N) is 1. The molecular formula is C25H31Cl3N4O7S. The minimum atomic E-state index is -4.25. The summed E-state index contributed by atoms with van der Waals surface area (Å²) < 4.78 is 32.7. The fourth-order valence-electron chi connectivity index (χ4n) is 4.00. The maximum atomic E-state index is 12.9. The highest BCUT2D eigenvalue weighted by Crippen LogP contribution is 2.32. The molecule has 11 nitrogen and oxygen atoms in total. The summed E-state index contributed by atoms with van der Waals surface area (Å²) in [7, 11) is -4.25. The first-order chi connectivity index (χ1) is 17.9. The van der Waals surface area contributed by atoms with E-state index in [9.17, 15) is 18.0 Å². The van der Waals surface area contributed by atoms with Crippen LogP contribution in [0.15, 0.2) is 48.5 Å². The minimum Gasteiger partial charge on any atom is -0.489 e. The van der Waals surface area contributed by atoms with Gasteiger partial charge in [0.25, 0.3) is 0 Å². The van der Waals surface area contributed by atoms with Gasteiger partial charge in [-0.2, -0.15) is 0 Å². The number of piperidine rings is 1. The second-order valence-electron chi connectivity index (χ2n) is 8.72. The average molecular weight is 638 g/mol. The van der Waals surface area contributed by atoms with E-state index in [1.54, 1.807) is 36.4 Å². The van der Waals surface area contributed by atoms with Crippen molar-refractivity contribution >= 4 is 76.0 Å². The molecule has 0 aliphatic carbocycles. The van der Waals surface area contributed by atoms with Gasteiger partial charge in [0.15, 0.2) is 5.75 Å². The molecule has 0 amide bonds. The molecule has 5 N–H and O–H groups in total. The molecule has 1 heterocycles. The molecule has 0 saturated carbocycles. The Labute approximate surface area is 249 Å². The smallest absolute Gasteiger partial charge is 0.320 e. The van der Waals surface area contributed by atoms with Gasteiger partial charge in [0.05, 0.1) is 23.8 Å². The van der Waals surface area contributed by atoms with Crippen LogP contribution in [0.5, 0.6) is 5.75 Å². The maximum Gasteiger partial charge on any atom is 0.320 e. The number of carboxylic acids is 2. The summed E-state index contributed by atoms with van der Waals surface area (Å²) in [6, 6.07) is 11.2. The number of halogens is 3. The number of amidine groups is 1. The van der Waals surface area contributed by atoms with Gasteiger partial charge in [-0.1, -0.05) is 42.0 Å². The van der Waals surface area contributed by atoms with Crippen molar-refractivity contribution in [2.24, 2.45) is 5.73 Å². The number of aliphatic carboxylic acids is 2. The Morgan fingerprint density at radius 1 is 1.12 bits per heavy atom. The number of hydrogen-bond acceptors (Lipinski definition) is 7. The summed E-state index contributed by atoms with van der Waals surface area (Å²) in [5, 5.41) is 25.8. The molecule has 1 aliphatic rings. The first-order valence-electron chi connectivity index (χ1n) is 11.7. The summed E-state index contributed by atoms with van der Waals surface area (Å²) in [6.45, 7) is 0.934. The van der Waals surface area contributed by atoms with Gasteiger partial charge in [-0.3, -0.25) is 24.2 Å². The van der Waals surface area contributed by atoms with Crippen LogP contribution < -0.4 is 14.8 Å². The van der Waals surface area contributed by atoms with E-state index in [0.29, 0.717) is 42.8 Å². The summed E-state index contributed by atoms with van der Waals surface area (Å²) in [6.07, 6.45) is 4.25. The van der Waals surface area contributed by atoms with Crippen molar-refractivity contribution in [1.82, 2.24) is 4.90 Å². The Kier molecular flexibility index (Phi) is 13.7. The van der Waals surface area contributed by atoms with Crippen LogP contribution in [0.4, 0.5) is 5.69 Å². The normalized spacial score (nSPS) is 14.1. The molecule has 40 heavy (non-hydrogen) atoms. The van der Waals surface area contributed by atoms with Crippen LogP contribution in [-0.4, -0.2) is 79.3 Å². The van der Waals surface area contributed by atoms with E-state index >= 15 is 0 Å². The largest absolute Gasteiger partial charge is 0.489 e. The summed E-state index contributed by atoms with van der Waals surface area (Å²) in [5.41, 5.74) is 6.88. The predicted molar refractivity (Wildman–Crippen MR) is 159 cm³/mol. The fraction of sp³-hybridized carbons (Fsp3) is 0.320. The van der Waals surface area contributed by atoms with E-state index in [4.69, 9.17) is 37.7 Å². The number of carboxylic acid groups (broad SMARTS) is 2. The molecule has 15 heteroatoms. The van der Waals surface area contributed by atoms with Gasteiger partial charge in [-0.15, -0.1) is 24.8 Å². The number of carbonyl (C=O) groups is 2. The highest BCUT2D eigenvalue weighted by molar-refractivity contribution is 7.93. The van der Waals surface area contributed by atoms with Crippen LogP contribution in [0.1, 0.15) is 24.0 Å². The lowest BCUT2D eigenvalue weighted by Crippen LogP contribution is -2.40. The molecule has 3 rings (SSSR count). The van der Waals surface area contributed by atoms with Crippen LogP contribution in [0.3, 0.4) is 0 Å². The Bertz CT molecular complexity index is 1330. The van der Waals surface area contributed by atoms with E-state index in [-0.39, 0.29) is 60.6 Å². The Balaban J connectivity index is 0.00000400. The molecule has 1 saturated heterocycles. The number of anilines is 1. The molecule has 2 aromatic rings. The summed E-state index contributed by atoms with van der Waals surface area (Å²) in [4.78, 5) is 23.9. The maximum absolute atomic E-state index is 12.9. The fourth-order valence-corrected chi connectivity index (χ4v) is 5.44. The van der Waals surface area contributed by atoms with Crippen LogP contribution in [0.2, 0.25) is 5.02 Å². The number of nitrogens with zero attached hydrogens (tertiary/aromatic N) is 2. The van der Waals surface area contributed by atoms with Crippen molar-refractivity contribution in [2.75, 3.05) is 36.2 Å². The van der Waals surface area contributed by atoms with Crippen LogP contribution >= 0.6 is 36.4 Å². The first-order valence-corrected chi connectivity index (χ1v) is 13.7. The van der Waals surface area contributed by atoms with Crippen LogP contribution in [0.25, 0.3) is 6.08 Å². The van der Waals surface area contributed by atoms with Crippen molar-refractivity contribution in [2.45, 2.75) is 18.9 Å². The molecule has 1 fully saturated rings. The summed E-state index contributed by atoms with van der Waals surface area (Å²) >= 11 is 6.42. The van der Waals surface area contributed by atoms with E-state index in [0.717, 1.165) is 4.31 Å². The zero-order valence-corrected chi connectivity index (χ0v) is 24.4. The first kappa shape index (κ1) is 35.0. The Hall–Kier alpha value is -3.03. The van der Waals surface area contributed by atoms with Gasteiger partial charge in [0.1, 0.15) is 17.7 Å². The third-order valence-electron chi connectivity index (χ3n) is 5.81. The van der Waals surface area contributed by atoms with Gasteiger partial charge in [-0.25, -0.2) is 8.42 Å². The second-order valence-corrected chi connectivity index (χ2v) is 11.0. The van der Waals surface area contributed by atoms with Crippen LogP contribution in [0, 0.1) is 5.41 Å². The van der Waals surface area contributed by atoms with E-state index < -0.39 is 27.7 Å². The second kappa shape index (κ2) is 15.7. The lowest BCUT2D eigenvalue weighted by atomic mass is 10.1. The number of rotatable bonds is 12. The summed E-state index contributed by atoms with van der Waals surface area (Å²) in [5.74, 6) is -3.24. The lowest BCUT2D eigenvalue weighted by Gasteiger charge is -2.31. The number of hydrogen-bond donors (Lipinski definition) is 4. The Morgan fingerprint density at radius 2 is 1.80 bits per heavy atom. The lowest BCUT2D eigenvalue weighted by molar-refractivity contribution is -0.139. The van der Waals surface area contributed by atoms with Gasteiger partial charge in [0.2, 0.25) is 10.0 Å². The van der Waals surface area contributed by atoms with Crippen molar-refractivity contribution in [3.05, 3.63) is 64.7 Å². The van der Waals surface area contributed by atoms with Gasteiger partial charge < -0.3 is 20.7 Å². The zero-order chi connectivity index (χ0) is 27.9. The number of sulfonamides is 1. The molecule has 0 aromatic heterocycles. The molecule has 1 aliphatic heterocycles. The topological polar surface area (TPSA) is 174 Å². The minimum absolute atomic E-state index is 0. The molecule has 0 atom stereocenters. The molecule has 0 unspecified atom stereocenters. The molecule has 0 radical (unpaired) electrons. The van der Waals surface area contributed by atoms with Crippen molar-refractivity contribution in [1.29, 1.82) is 5.41 Å². The number of benzene rings is 2. The molecular weight excluding hydrogens is 607 g/mol. The molecule has 0 spiro atoms. The van der Waals surface area contributed by atoms with Gasteiger partial charge in [-0.05, 0) is 42.7 Å². The monoisotopic (exact) mass is 636 g/mol. The van der Waals surface area contributed by atoms with Crippen molar-refractivity contribution < 1.29 is 33.0 Å². The highest BCUT2D eigenvalue weighted by Gasteiger charge is 2.27. The number of ether oxygens (including phenoxy) is 1. The average Bonchev–Trinajstić information content (AvgIpc) is 2.83. The SMILES string of the molecule is Cl.Cl.N=C(N)c1cccc(/C=C/CN(c2ccc(OC3CCN(CC(=O)O)CC3)c(Cl)c2)S(=O)(=O)CC(=O)O)c1. The van der Waals surface area contributed by atoms with Crippen molar-refractivity contribution in [3.8, 4) is 5.75 Å². The molecule has 0 bridgehead atoms. The quantitative estimate of drug-likeness (QED) is 0.201. The number of nitrogens with two attached hydrogens (primary N) is 1. The molecule has 220 valence electrons. The Morgan fingerprint density at radius 3 is 2.38 bits per heavy atom. The van der Waals surface area contributed by atoms with Crippen molar-refractivity contribution in [3.63, 3.8) is 0 Å². The van der Waals surface area contributed by atoms with E-state index in [2.05, 4.69) is 0 Å². The number of nitrogen functional groups attached to an aromatic ring is 1. The van der Waals surface area contributed by atoms with E-state index in [1.165, 1.54) is 18.2 Å². The predicted octanol–water partition coefficient (Wildman–Crippen LogP) is 3.33. The zero-order valence-electron chi connectivity index (χ0n) is 21.2. The third-order valence-corrected chi connectivity index (χ3v) is 7.75. The van der Waals surface area contributed by atoms with Gasteiger partial charge >= 0.3 is 11.9 Å². The van der Waals surface area contributed by atoms with E-state index in [1.807, 2.05) is 4.90 Å². The standard InChI is InChI=1S/C25H29ClN4O7S.2ClH/c26-21-14-19(6-7-22(21)37-20-8-11-29(12-9-20)15-23(31)32)30(38(35,36)16-24(33)34)10-2-4-17-3-1-5-18(13-17)25(27)28;;/h1-7,13-14,20H,8-12,15-16H2,(H3,27,28)(H,31,32)(H,33,34);2*1H/b4-2+;;. The van der Waals surface area contributed by atoms with Gasteiger partial charge in [0, 0.05) is 18.7 Å². The third kappa shape index (κ3) is 10.2. The molecule has 2 aromatic carbocycles. The highest BCUT2D eigenvalue weighted by atomic mass is 35.5. The number of likely N-dealkylation sites (tertiary alicyclic amines) is 1.